The molecule has 1 N–H and O–H groups in total. The van der Waals surface area contributed by atoms with Crippen molar-refractivity contribution in [2.24, 2.45) is 0 Å². The minimum absolute atomic E-state index is 0.0993. The molecule has 2 unspecified atom stereocenters. The average molecular weight is 207 g/mol. The zero-order chi connectivity index (χ0) is 10.8. The highest BCUT2D eigenvalue weighted by molar-refractivity contribution is 5.28. The van der Waals surface area contributed by atoms with E-state index in [1.807, 2.05) is 26.1 Å². The van der Waals surface area contributed by atoms with Gasteiger partial charge in [-0.3, -0.25) is 0 Å². The van der Waals surface area contributed by atoms with Crippen molar-refractivity contribution in [3.63, 3.8) is 0 Å². The molecule has 1 aromatic carbocycles. The van der Waals surface area contributed by atoms with E-state index in [1.54, 1.807) is 6.07 Å². The van der Waals surface area contributed by atoms with Crippen molar-refractivity contribution in [1.29, 1.82) is 0 Å². The molecular weight excluding hydrogens is 189 g/mol. The lowest BCUT2D eigenvalue weighted by molar-refractivity contribution is 0.520. The van der Waals surface area contributed by atoms with Crippen molar-refractivity contribution >= 4 is 0 Å². The van der Waals surface area contributed by atoms with E-state index in [1.165, 1.54) is 24.8 Å². The van der Waals surface area contributed by atoms with Gasteiger partial charge in [-0.1, -0.05) is 18.6 Å². The summed E-state index contributed by atoms with van der Waals surface area (Å²) in [6.45, 7) is 1.84. The summed E-state index contributed by atoms with van der Waals surface area (Å²) in [5.74, 6) is 0.465. The number of likely N-dealkylation sites (N-methyl/N-ethyl adjacent to an activating group) is 1. The zero-order valence-electron chi connectivity index (χ0n) is 9.39. The van der Waals surface area contributed by atoms with Crippen LogP contribution in [0.2, 0.25) is 0 Å². The van der Waals surface area contributed by atoms with Crippen molar-refractivity contribution in [2.45, 2.75) is 38.1 Å². The van der Waals surface area contributed by atoms with Crippen molar-refractivity contribution in [3.05, 3.63) is 35.1 Å². The van der Waals surface area contributed by atoms with E-state index in [-0.39, 0.29) is 5.82 Å². The van der Waals surface area contributed by atoms with Gasteiger partial charge >= 0.3 is 0 Å². The Morgan fingerprint density at radius 2 is 2.13 bits per heavy atom. The molecule has 0 spiro atoms. The van der Waals surface area contributed by atoms with E-state index in [0.29, 0.717) is 12.0 Å². The molecule has 2 atom stereocenters. The minimum atomic E-state index is -0.0993. The Morgan fingerprint density at radius 1 is 1.33 bits per heavy atom. The van der Waals surface area contributed by atoms with Crippen LogP contribution in [0, 0.1) is 12.7 Å². The van der Waals surface area contributed by atoms with Gasteiger partial charge in [0.2, 0.25) is 0 Å². The second-order valence-electron chi connectivity index (χ2n) is 4.44. The highest BCUT2D eigenvalue weighted by Gasteiger charge is 2.27. The van der Waals surface area contributed by atoms with Gasteiger partial charge in [0.1, 0.15) is 5.82 Å². The van der Waals surface area contributed by atoms with Crippen LogP contribution >= 0.6 is 0 Å². The fourth-order valence-corrected chi connectivity index (χ4v) is 2.60. The van der Waals surface area contributed by atoms with E-state index in [4.69, 9.17) is 0 Å². The van der Waals surface area contributed by atoms with Gasteiger partial charge in [-0.05, 0) is 49.9 Å². The molecule has 1 nitrogen and oxygen atoms in total. The first kappa shape index (κ1) is 10.6. The molecule has 0 heterocycles. The van der Waals surface area contributed by atoms with Crippen LogP contribution in [-0.4, -0.2) is 13.1 Å². The van der Waals surface area contributed by atoms with Crippen molar-refractivity contribution in [3.8, 4) is 0 Å². The summed E-state index contributed by atoms with van der Waals surface area (Å²) < 4.78 is 13.1. The van der Waals surface area contributed by atoms with E-state index in [0.717, 1.165) is 5.56 Å². The van der Waals surface area contributed by atoms with Gasteiger partial charge < -0.3 is 5.32 Å². The molecule has 0 aliphatic heterocycles. The fourth-order valence-electron chi connectivity index (χ4n) is 2.60. The Bertz CT molecular complexity index is 348. The highest BCUT2D eigenvalue weighted by Crippen LogP contribution is 2.34. The van der Waals surface area contributed by atoms with Crippen LogP contribution in [0.3, 0.4) is 0 Å². The summed E-state index contributed by atoms with van der Waals surface area (Å²) in [4.78, 5) is 0. The Morgan fingerprint density at radius 3 is 2.80 bits per heavy atom. The van der Waals surface area contributed by atoms with Crippen LogP contribution in [0.5, 0.6) is 0 Å². The predicted molar refractivity (Wildman–Crippen MR) is 60.6 cm³/mol. The standard InChI is InChI=1S/C13H18FN/c1-9-8-10(6-7-12(9)14)11-4-3-5-13(11)15-2/h6-8,11,13,15H,3-5H2,1-2H3. The Labute approximate surface area is 90.7 Å². The fraction of sp³-hybridized carbons (Fsp3) is 0.538. The summed E-state index contributed by atoms with van der Waals surface area (Å²) in [6.07, 6.45) is 3.72. The number of hydrogen-bond donors (Lipinski definition) is 1. The van der Waals surface area contributed by atoms with Gasteiger partial charge in [0.25, 0.3) is 0 Å². The van der Waals surface area contributed by atoms with E-state index in [9.17, 15) is 4.39 Å². The Kier molecular flexibility index (Phi) is 3.06. The first-order valence-electron chi connectivity index (χ1n) is 5.65. The molecule has 1 aromatic rings. The number of hydrogen-bond acceptors (Lipinski definition) is 1. The third-order valence-electron chi connectivity index (χ3n) is 3.50. The predicted octanol–water partition coefficient (Wildman–Crippen LogP) is 2.99. The Hall–Kier alpha value is -0.890. The lowest BCUT2D eigenvalue weighted by atomic mass is 9.93. The number of nitrogens with one attached hydrogen (secondary N) is 1. The van der Waals surface area contributed by atoms with Crippen LogP contribution < -0.4 is 5.32 Å². The van der Waals surface area contributed by atoms with Crippen LogP contribution in [0.15, 0.2) is 18.2 Å². The number of rotatable bonds is 2. The van der Waals surface area contributed by atoms with Gasteiger partial charge in [-0.25, -0.2) is 4.39 Å². The summed E-state index contributed by atoms with van der Waals surface area (Å²) in [7, 11) is 2.01. The van der Waals surface area contributed by atoms with E-state index >= 15 is 0 Å². The molecule has 82 valence electrons. The van der Waals surface area contributed by atoms with Crippen molar-refractivity contribution in [2.75, 3.05) is 7.05 Å². The molecule has 0 bridgehead atoms. The summed E-state index contributed by atoms with van der Waals surface area (Å²) in [5, 5.41) is 3.35. The van der Waals surface area contributed by atoms with Gasteiger partial charge in [0.15, 0.2) is 0 Å². The van der Waals surface area contributed by atoms with Crippen LogP contribution in [0.1, 0.15) is 36.3 Å². The second kappa shape index (κ2) is 4.31. The largest absolute Gasteiger partial charge is 0.316 e. The molecule has 1 aliphatic rings. The maximum absolute atomic E-state index is 13.1. The topological polar surface area (TPSA) is 12.0 Å². The molecule has 0 amide bonds. The van der Waals surface area contributed by atoms with Crippen LogP contribution in [-0.2, 0) is 0 Å². The lowest BCUT2D eigenvalue weighted by Gasteiger charge is -2.19. The van der Waals surface area contributed by atoms with E-state index in [2.05, 4.69) is 5.32 Å². The quantitative estimate of drug-likeness (QED) is 0.786. The SMILES string of the molecule is CNC1CCCC1c1ccc(F)c(C)c1. The average Bonchev–Trinajstić information content (AvgIpc) is 2.70. The minimum Gasteiger partial charge on any atom is -0.316 e. The summed E-state index contributed by atoms with van der Waals surface area (Å²) in [6, 6.07) is 6.09. The zero-order valence-corrected chi connectivity index (χ0v) is 9.39. The lowest BCUT2D eigenvalue weighted by Crippen LogP contribution is -2.27. The van der Waals surface area contributed by atoms with Gasteiger partial charge in [-0.15, -0.1) is 0 Å². The third kappa shape index (κ3) is 2.05. The van der Waals surface area contributed by atoms with Gasteiger partial charge in [-0.2, -0.15) is 0 Å². The maximum atomic E-state index is 13.1. The molecule has 2 rings (SSSR count). The van der Waals surface area contributed by atoms with E-state index < -0.39 is 0 Å². The van der Waals surface area contributed by atoms with Gasteiger partial charge in [0.05, 0.1) is 0 Å². The second-order valence-corrected chi connectivity index (χ2v) is 4.44. The number of benzene rings is 1. The molecular formula is C13H18FN. The molecule has 0 radical (unpaired) electrons. The maximum Gasteiger partial charge on any atom is 0.126 e. The van der Waals surface area contributed by atoms with Crippen molar-refractivity contribution < 1.29 is 4.39 Å². The molecule has 1 saturated carbocycles. The molecule has 15 heavy (non-hydrogen) atoms. The molecule has 0 aromatic heterocycles. The molecule has 0 saturated heterocycles. The van der Waals surface area contributed by atoms with Crippen LogP contribution in [0.25, 0.3) is 0 Å². The normalized spacial score (nSPS) is 25.8. The Balaban J connectivity index is 2.25. The first-order chi connectivity index (χ1) is 7.22. The van der Waals surface area contributed by atoms with Crippen LogP contribution in [0.4, 0.5) is 4.39 Å². The van der Waals surface area contributed by atoms with Crippen molar-refractivity contribution in [1.82, 2.24) is 5.32 Å². The summed E-state index contributed by atoms with van der Waals surface area (Å²) in [5.41, 5.74) is 2.04. The highest BCUT2D eigenvalue weighted by atomic mass is 19.1. The summed E-state index contributed by atoms with van der Waals surface area (Å²) >= 11 is 0. The monoisotopic (exact) mass is 207 g/mol. The van der Waals surface area contributed by atoms with Gasteiger partial charge in [0, 0.05) is 6.04 Å². The first-order valence-corrected chi connectivity index (χ1v) is 5.65. The molecule has 1 aliphatic carbocycles. The number of halogens is 1. The molecule has 1 fully saturated rings. The smallest absolute Gasteiger partial charge is 0.126 e. The molecule has 2 heteroatoms. The third-order valence-corrected chi connectivity index (χ3v) is 3.50. The number of aryl methyl sites for hydroxylation is 1.